The summed E-state index contributed by atoms with van der Waals surface area (Å²) in [5.41, 5.74) is 0.953. The minimum atomic E-state index is 0. The highest BCUT2D eigenvalue weighted by Crippen LogP contribution is 2.33. The Morgan fingerprint density at radius 2 is 2.19 bits per heavy atom. The molecule has 0 saturated carbocycles. The molecule has 2 aromatic heterocycles. The molecule has 2 aromatic rings. The molecule has 0 amide bonds. The van der Waals surface area contributed by atoms with Crippen LogP contribution in [0, 0.1) is 0 Å². The van der Waals surface area contributed by atoms with Gasteiger partial charge in [-0.25, -0.2) is 4.98 Å². The monoisotopic (exact) mass is 417 g/mol. The Kier molecular flexibility index (Phi) is 6.93. The lowest BCUT2D eigenvalue weighted by atomic mass is 10.2. The van der Waals surface area contributed by atoms with Gasteiger partial charge in [-0.05, 0) is 44.1 Å². The van der Waals surface area contributed by atoms with E-state index in [2.05, 4.69) is 38.2 Å². The van der Waals surface area contributed by atoms with Gasteiger partial charge in [0, 0.05) is 37.1 Å². The van der Waals surface area contributed by atoms with Crippen LogP contribution in [0.2, 0.25) is 5.28 Å². The standard InChI is InChI=1S/C17H24ClN5OS.ClH/c1-22(10-12-3-2-4-19-12)11-13-9-14-15(25-13)16(21-17(18)20-14)23-5-7-24-8-6-23;/h9,12,19H,2-8,10-11H2,1H3;1H. The number of fused-ring (bicyclic) bond motifs is 1. The van der Waals surface area contributed by atoms with E-state index in [0.717, 1.165) is 62.0 Å². The molecular weight excluding hydrogens is 393 g/mol. The van der Waals surface area contributed by atoms with Crippen LogP contribution in [0.3, 0.4) is 0 Å². The van der Waals surface area contributed by atoms with E-state index in [-0.39, 0.29) is 12.4 Å². The Balaban J connectivity index is 0.00000196. The molecule has 0 spiro atoms. The number of hydrogen-bond acceptors (Lipinski definition) is 7. The lowest BCUT2D eigenvalue weighted by Crippen LogP contribution is -2.36. The van der Waals surface area contributed by atoms with Crippen molar-refractivity contribution in [2.45, 2.75) is 25.4 Å². The summed E-state index contributed by atoms with van der Waals surface area (Å²) < 4.78 is 6.59. The molecule has 1 unspecified atom stereocenters. The van der Waals surface area contributed by atoms with Crippen molar-refractivity contribution < 1.29 is 4.74 Å². The Morgan fingerprint density at radius 1 is 1.38 bits per heavy atom. The van der Waals surface area contributed by atoms with Gasteiger partial charge in [0.15, 0.2) is 5.82 Å². The Hall–Kier alpha value is -0.700. The van der Waals surface area contributed by atoms with E-state index < -0.39 is 0 Å². The number of hydrogen-bond donors (Lipinski definition) is 1. The lowest BCUT2D eigenvalue weighted by molar-refractivity contribution is 0.122. The summed E-state index contributed by atoms with van der Waals surface area (Å²) in [4.78, 5) is 14.9. The number of morpholine rings is 1. The molecule has 0 bridgehead atoms. The van der Waals surface area contributed by atoms with Crippen LogP contribution in [0.5, 0.6) is 0 Å². The first-order valence-corrected chi connectivity index (χ1v) is 10.1. The van der Waals surface area contributed by atoms with Crippen molar-refractivity contribution in [1.82, 2.24) is 20.2 Å². The van der Waals surface area contributed by atoms with Gasteiger partial charge in [0.05, 0.1) is 23.4 Å². The van der Waals surface area contributed by atoms with Gasteiger partial charge in [-0.1, -0.05) is 0 Å². The van der Waals surface area contributed by atoms with Crippen LogP contribution in [-0.4, -0.2) is 67.4 Å². The first kappa shape index (κ1) is 20.0. The van der Waals surface area contributed by atoms with Crippen molar-refractivity contribution in [2.75, 3.05) is 51.3 Å². The highest BCUT2D eigenvalue weighted by molar-refractivity contribution is 7.19. The molecular formula is C17H25Cl2N5OS. The van der Waals surface area contributed by atoms with Crippen LogP contribution in [-0.2, 0) is 11.3 Å². The molecule has 2 aliphatic rings. The quantitative estimate of drug-likeness (QED) is 0.754. The number of anilines is 1. The number of nitrogens with one attached hydrogen (secondary N) is 1. The fourth-order valence-corrected chi connectivity index (χ4v) is 4.99. The van der Waals surface area contributed by atoms with Crippen LogP contribution in [0.15, 0.2) is 6.07 Å². The van der Waals surface area contributed by atoms with Gasteiger partial charge in [0.1, 0.15) is 0 Å². The maximum atomic E-state index is 6.18. The van der Waals surface area contributed by atoms with Crippen LogP contribution >= 0.6 is 35.3 Å². The largest absolute Gasteiger partial charge is 0.378 e. The van der Waals surface area contributed by atoms with Crippen LogP contribution < -0.4 is 10.2 Å². The molecule has 4 heterocycles. The van der Waals surface area contributed by atoms with Crippen LogP contribution in [0.4, 0.5) is 5.82 Å². The van der Waals surface area contributed by atoms with E-state index in [1.807, 2.05) is 0 Å². The number of likely N-dealkylation sites (N-methyl/N-ethyl adjacent to an activating group) is 1. The first-order valence-electron chi connectivity index (χ1n) is 8.89. The van der Waals surface area contributed by atoms with Crippen LogP contribution in [0.25, 0.3) is 10.2 Å². The maximum absolute atomic E-state index is 6.18. The highest BCUT2D eigenvalue weighted by atomic mass is 35.5. The summed E-state index contributed by atoms with van der Waals surface area (Å²) in [7, 11) is 2.19. The summed E-state index contributed by atoms with van der Waals surface area (Å²) in [6.07, 6.45) is 2.57. The molecule has 9 heteroatoms. The molecule has 0 aliphatic carbocycles. The predicted octanol–water partition coefficient (Wildman–Crippen LogP) is 2.79. The Morgan fingerprint density at radius 3 is 2.92 bits per heavy atom. The van der Waals surface area contributed by atoms with Crippen molar-refractivity contribution in [3.63, 3.8) is 0 Å². The second-order valence-electron chi connectivity index (χ2n) is 6.83. The molecule has 4 rings (SSSR count). The number of nitrogens with zero attached hydrogens (tertiary/aromatic N) is 4. The van der Waals surface area contributed by atoms with Crippen LogP contribution in [0.1, 0.15) is 17.7 Å². The van der Waals surface area contributed by atoms with Gasteiger partial charge in [0.25, 0.3) is 0 Å². The fraction of sp³-hybridized carbons (Fsp3) is 0.647. The molecule has 1 atom stereocenters. The average Bonchev–Trinajstić information content (AvgIpc) is 3.24. The van der Waals surface area contributed by atoms with Gasteiger partial charge < -0.3 is 15.0 Å². The third-order valence-corrected chi connectivity index (χ3v) is 6.08. The van der Waals surface area contributed by atoms with E-state index in [0.29, 0.717) is 11.3 Å². The van der Waals surface area contributed by atoms with E-state index in [1.54, 1.807) is 11.3 Å². The molecule has 26 heavy (non-hydrogen) atoms. The average molecular weight is 418 g/mol. The molecule has 0 radical (unpaired) electrons. The van der Waals surface area contributed by atoms with Crippen molar-refractivity contribution >= 4 is 51.4 Å². The second kappa shape index (κ2) is 8.99. The Labute approximate surface area is 169 Å². The van der Waals surface area contributed by atoms with Crippen molar-refractivity contribution in [3.05, 3.63) is 16.2 Å². The van der Waals surface area contributed by atoms with Crippen molar-refractivity contribution in [1.29, 1.82) is 0 Å². The number of rotatable bonds is 5. The van der Waals surface area contributed by atoms with E-state index in [9.17, 15) is 0 Å². The number of aromatic nitrogens is 2. The minimum Gasteiger partial charge on any atom is -0.378 e. The molecule has 2 saturated heterocycles. The van der Waals surface area contributed by atoms with E-state index >= 15 is 0 Å². The summed E-state index contributed by atoms with van der Waals surface area (Å²) in [6.45, 7) is 6.33. The summed E-state index contributed by atoms with van der Waals surface area (Å²) in [5, 5.41) is 3.88. The smallest absolute Gasteiger partial charge is 0.224 e. The van der Waals surface area contributed by atoms with Gasteiger partial charge in [-0.2, -0.15) is 4.98 Å². The van der Waals surface area contributed by atoms with Gasteiger partial charge in [-0.3, -0.25) is 4.90 Å². The summed E-state index contributed by atoms with van der Waals surface area (Å²) in [5.74, 6) is 0.953. The van der Waals surface area contributed by atoms with E-state index in [4.69, 9.17) is 16.3 Å². The van der Waals surface area contributed by atoms with Gasteiger partial charge >= 0.3 is 0 Å². The van der Waals surface area contributed by atoms with Gasteiger partial charge in [0.2, 0.25) is 5.28 Å². The second-order valence-corrected chi connectivity index (χ2v) is 8.31. The minimum absolute atomic E-state index is 0. The first-order chi connectivity index (χ1) is 12.2. The van der Waals surface area contributed by atoms with Crippen molar-refractivity contribution in [2.24, 2.45) is 0 Å². The number of halogens is 2. The van der Waals surface area contributed by atoms with Crippen molar-refractivity contribution in [3.8, 4) is 0 Å². The predicted molar refractivity (Wildman–Crippen MR) is 110 cm³/mol. The zero-order chi connectivity index (χ0) is 17.2. The summed E-state index contributed by atoms with van der Waals surface area (Å²) in [6, 6.07) is 2.79. The third-order valence-electron chi connectivity index (χ3n) is 4.81. The number of thiophene rings is 1. The molecule has 2 aliphatic heterocycles. The zero-order valence-corrected chi connectivity index (χ0v) is 17.3. The molecule has 0 aromatic carbocycles. The topological polar surface area (TPSA) is 53.5 Å². The lowest BCUT2D eigenvalue weighted by Gasteiger charge is -2.28. The molecule has 144 valence electrons. The zero-order valence-electron chi connectivity index (χ0n) is 14.9. The molecule has 2 fully saturated rings. The molecule has 1 N–H and O–H groups in total. The number of ether oxygens (including phenoxy) is 1. The highest BCUT2D eigenvalue weighted by Gasteiger charge is 2.20. The Bertz CT molecular complexity index is 731. The van der Waals surface area contributed by atoms with E-state index in [1.165, 1.54) is 17.7 Å². The van der Waals surface area contributed by atoms with Gasteiger partial charge in [-0.15, -0.1) is 23.7 Å². The summed E-state index contributed by atoms with van der Waals surface area (Å²) >= 11 is 7.96. The maximum Gasteiger partial charge on any atom is 0.224 e. The molecule has 6 nitrogen and oxygen atoms in total. The fourth-order valence-electron chi connectivity index (χ4n) is 3.62. The normalized spacial score (nSPS) is 20.7. The third kappa shape index (κ3) is 4.58. The SMILES string of the molecule is CN(Cc1cc2nc(Cl)nc(N3CCOCC3)c2s1)CC1CCCN1.Cl.